The molecule has 2 saturated carbocycles. The van der Waals surface area contributed by atoms with Crippen LogP contribution in [0.25, 0.3) is 11.3 Å². The fraction of sp³-hybridized carbons (Fsp3) is 0.323. The number of hydrogen-bond acceptors (Lipinski definition) is 6. The molecule has 2 fully saturated rings. The first-order valence-corrected chi connectivity index (χ1v) is 13.8. The van der Waals surface area contributed by atoms with E-state index in [1.165, 1.54) is 0 Å². The number of aryl methyl sites for hydroxylation is 1. The van der Waals surface area contributed by atoms with Crippen molar-refractivity contribution in [2.75, 3.05) is 0 Å². The Balaban J connectivity index is 1.19. The molecule has 2 aliphatic carbocycles. The maximum absolute atomic E-state index is 11.6. The Bertz CT molecular complexity index is 1580. The van der Waals surface area contributed by atoms with Crippen LogP contribution >= 0.6 is 11.6 Å². The van der Waals surface area contributed by atoms with Crippen molar-refractivity contribution in [2.24, 2.45) is 5.92 Å². The zero-order chi connectivity index (χ0) is 26.7. The van der Waals surface area contributed by atoms with Gasteiger partial charge < -0.3 is 19.1 Å². The summed E-state index contributed by atoms with van der Waals surface area (Å²) < 4.78 is 18.3. The van der Waals surface area contributed by atoms with Crippen molar-refractivity contribution in [2.45, 2.75) is 57.5 Å². The number of halogens is 1. The zero-order valence-corrected chi connectivity index (χ0v) is 22.2. The highest BCUT2D eigenvalue weighted by molar-refractivity contribution is 6.33. The number of aromatic nitrogens is 2. The van der Waals surface area contributed by atoms with Gasteiger partial charge in [-0.1, -0.05) is 35.0 Å². The Morgan fingerprint density at radius 1 is 1.10 bits per heavy atom. The molecule has 2 aromatic carbocycles. The highest BCUT2D eigenvalue weighted by Gasteiger charge is 2.37. The number of carboxylic acids is 1. The van der Waals surface area contributed by atoms with Crippen molar-refractivity contribution in [3.8, 4) is 28.6 Å². The lowest BCUT2D eigenvalue weighted by molar-refractivity contribution is 0.0696. The van der Waals surface area contributed by atoms with Crippen LogP contribution in [0.1, 0.15) is 76.0 Å². The van der Waals surface area contributed by atoms with E-state index in [0.29, 0.717) is 40.7 Å². The van der Waals surface area contributed by atoms with Crippen LogP contribution in [0.2, 0.25) is 5.02 Å². The molecule has 3 heterocycles. The molecule has 0 amide bonds. The standard InChI is InChI=1S/C31H27ClN2O5/c1-16-3-2-4-23(32)28(16)29-22(30(39-34-29)18-7-8-18)15-37-27-12-11-25-24(33-27)14-21(17-5-6-17)20-10-9-19(31(35)36)13-26(20)38-25/h2-4,9-13,17-18,21H,5-8,14-15H2,1H3,(H,35,36)/t21-/m1/s1. The van der Waals surface area contributed by atoms with E-state index in [9.17, 15) is 9.90 Å². The van der Waals surface area contributed by atoms with E-state index in [2.05, 4.69) is 5.16 Å². The number of nitrogens with zero attached hydrogens (tertiary/aromatic N) is 2. The van der Waals surface area contributed by atoms with Crippen LogP contribution < -0.4 is 9.47 Å². The van der Waals surface area contributed by atoms with Gasteiger partial charge in [-0.25, -0.2) is 9.78 Å². The fourth-order valence-electron chi connectivity index (χ4n) is 5.61. The summed E-state index contributed by atoms with van der Waals surface area (Å²) in [5, 5.41) is 14.5. The molecule has 7 nitrogen and oxygen atoms in total. The summed E-state index contributed by atoms with van der Waals surface area (Å²) in [6.07, 6.45) is 5.16. The number of aromatic carboxylic acids is 1. The molecule has 0 radical (unpaired) electrons. The van der Waals surface area contributed by atoms with Gasteiger partial charge in [-0.2, -0.15) is 0 Å². The van der Waals surface area contributed by atoms with Gasteiger partial charge in [0.1, 0.15) is 29.6 Å². The first-order valence-electron chi connectivity index (χ1n) is 13.4. The van der Waals surface area contributed by atoms with Gasteiger partial charge in [0.15, 0.2) is 0 Å². The van der Waals surface area contributed by atoms with Gasteiger partial charge in [0.25, 0.3) is 0 Å². The Kier molecular flexibility index (Phi) is 5.85. The van der Waals surface area contributed by atoms with Crippen molar-refractivity contribution in [1.29, 1.82) is 0 Å². The molecule has 1 atom stereocenters. The van der Waals surface area contributed by atoms with E-state index >= 15 is 0 Å². The molecule has 39 heavy (non-hydrogen) atoms. The lowest BCUT2D eigenvalue weighted by Gasteiger charge is -2.16. The first kappa shape index (κ1) is 24.2. The predicted octanol–water partition coefficient (Wildman–Crippen LogP) is 7.70. The number of pyridine rings is 1. The third kappa shape index (κ3) is 4.55. The molecule has 1 N–H and O–H groups in total. The van der Waals surface area contributed by atoms with Gasteiger partial charge in [0.05, 0.1) is 21.8 Å². The normalized spacial score (nSPS) is 18.1. The maximum Gasteiger partial charge on any atom is 0.335 e. The Hall–Kier alpha value is -3.84. The SMILES string of the molecule is Cc1cccc(Cl)c1-c1noc(C2CC2)c1COc1ccc2c(n1)C[C@H](C1CC1)c1ccc(C(=O)O)cc1O2. The predicted molar refractivity (Wildman–Crippen MR) is 145 cm³/mol. The van der Waals surface area contributed by atoms with Gasteiger partial charge >= 0.3 is 5.97 Å². The van der Waals surface area contributed by atoms with Gasteiger partial charge in [-0.3, -0.25) is 0 Å². The van der Waals surface area contributed by atoms with Crippen molar-refractivity contribution in [3.05, 3.63) is 87.3 Å². The smallest absolute Gasteiger partial charge is 0.335 e. The second-order valence-electron chi connectivity index (χ2n) is 10.8. The molecule has 2 aromatic heterocycles. The number of carbonyl (C=O) groups is 1. The summed E-state index contributed by atoms with van der Waals surface area (Å²) in [6.45, 7) is 2.27. The largest absolute Gasteiger partial charge is 0.478 e. The lowest BCUT2D eigenvalue weighted by Crippen LogP contribution is -2.07. The lowest BCUT2D eigenvalue weighted by atomic mass is 9.89. The van der Waals surface area contributed by atoms with E-state index in [0.717, 1.165) is 65.1 Å². The molecule has 0 spiro atoms. The molecule has 4 aromatic rings. The number of ether oxygens (including phenoxy) is 2. The molecule has 0 bridgehead atoms. The average molecular weight is 543 g/mol. The van der Waals surface area contributed by atoms with Crippen LogP contribution in [0, 0.1) is 12.8 Å². The van der Waals surface area contributed by atoms with E-state index in [4.69, 9.17) is 30.6 Å². The van der Waals surface area contributed by atoms with E-state index in [-0.39, 0.29) is 18.1 Å². The van der Waals surface area contributed by atoms with E-state index in [1.807, 2.05) is 37.3 Å². The Morgan fingerprint density at radius 3 is 2.69 bits per heavy atom. The fourth-order valence-corrected chi connectivity index (χ4v) is 5.92. The number of hydrogen-bond donors (Lipinski definition) is 1. The van der Waals surface area contributed by atoms with Crippen molar-refractivity contribution in [1.82, 2.24) is 10.1 Å². The van der Waals surface area contributed by atoms with Crippen LogP contribution in [0.4, 0.5) is 0 Å². The van der Waals surface area contributed by atoms with E-state index < -0.39 is 5.97 Å². The Labute approximate surface area is 230 Å². The molecular formula is C31H27ClN2O5. The molecule has 3 aliphatic rings. The summed E-state index contributed by atoms with van der Waals surface area (Å²) in [4.78, 5) is 16.4. The van der Waals surface area contributed by atoms with Crippen LogP contribution in [-0.4, -0.2) is 21.2 Å². The van der Waals surface area contributed by atoms with Crippen molar-refractivity contribution >= 4 is 17.6 Å². The number of benzene rings is 2. The monoisotopic (exact) mass is 542 g/mol. The van der Waals surface area contributed by atoms with Gasteiger partial charge in [-0.15, -0.1) is 0 Å². The minimum atomic E-state index is -0.971. The van der Waals surface area contributed by atoms with Crippen molar-refractivity contribution < 1.29 is 23.9 Å². The summed E-state index contributed by atoms with van der Waals surface area (Å²) in [5.74, 6) is 2.73. The molecular weight excluding hydrogens is 516 g/mol. The Morgan fingerprint density at radius 2 is 1.95 bits per heavy atom. The van der Waals surface area contributed by atoms with E-state index in [1.54, 1.807) is 18.2 Å². The number of fused-ring (bicyclic) bond motifs is 2. The average Bonchev–Trinajstić information content (AvgIpc) is 3.84. The van der Waals surface area contributed by atoms with Gasteiger partial charge in [0, 0.05) is 24.0 Å². The second-order valence-corrected chi connectivity index (χ2v) is 11.2. The minimum Gasteiger partial charge on any atom is -0.478 e. The highest BCUT2D eigenvalue weighted by Crippen LogP contribution is 2.50. The molecule has 7 rings (SSSR count). The molecule has 8 heteroatoms. The third-order valence-corrected chi connectivity index (χ3v) is 8.30. The van der Waals surface area contributed by atoms with Crippen LogP contribution in [0.5, 0.6) is 17.4 Å². The molecule has 0 saturated heterocycles. The number of carboxylic acid groups (broad SMARTS) is 1. The number of rotatable bonds is 7. The summed E-state index contributed by atoms with van der Waals surface area (Å²) in [5.41, 5.74) is 5.58. The van der Waals surface area contributed by atoms with Gasteiger partial charge in [-0.05, 0) is 79.8 Å². The third-order valence-electron chi connectivity index (χ3n) is 7.98. The summed E-state index contributed by atoms with van der Waals surface area (Å²) in [6, 6.07) is 14.6. The second kappa shape index (κ2) is 9.42. The first-order chi connectivity index (χ1) is 19.0. The quantitative estimate of drug-likeness (QED) is 0.255. The highest BCUT2D eigenvalue weighted by atomic mass is 35.5. The molecule has 198 valence electrons. The summed E-state index contributed by atoms with van der Waals surface area (Å²) in [7, 11) is 0. The van der Waals surface area contributed by atoms with Crippen molar-refractivity contribution in [3.63, 3.8) is 0 Å². The van der Waals surface area contributed by atoms with Gasteiger partial charge in [0.2, 0.25) is 5.88 Å². The van der Waals surface area contributed by atoms with Crippen LogP contribution in [0.3, 0.4) is 0 Å². The topological polar surface area (TPSA) is 94.7 Å². The summed E-state index contributed by atoms with van der Waals surface area (Å²) >= 11 is 6.58. The molecule has 1 aliphatic heterocycles. The minimum absolute atomic E-state index is 0.212. The molecule has 0 unspecified atom stereocenters. The van der Waals surface area contributed by atoms with Crippen LogP contribution in [0.15, 0.2) is 53.1 Å². The maximum atomic E-state index is 11.6. The zero-order valence-electron chi connectivity index (χ0n) is 21.4. The van der Waals surface area contributed by atoms with Crippen LogP contribution in [-0.2, 0) is 13.0 Å².